The lowest BCUT2D eigenvalue weighted by Crippen LogP contribution is -2.23. The first kappa shape index (κ1) is 19.2. The minimum absolute atomic E-state index is 0.255. The molecule has 7 nitrogen and oxygen atoms in total. The molecular formula is C20H16ClN3O4S. The van der Waals surface area contributed by atoms with Gasteiger partial charge in [0.1, 0.15) is 5.75 Å². The number of ether oxygens (including phenoxy) is 3. The van der Waals surface area contributed by atoms with Crippen LogP contribution in [0, 0.1) is 0 Å². The monoisotopic (exact) mass is 429 g/mol. The summed E-state index contributed by atoms with van der Waals surface area (Å²) in [6.45, 7) is 0. The summed E-state index contributed by atoms with van der Waals surface area (Å²) in [4.78, 5) is 17.8. The summed E-state index contributed by atoms with van der Waals surface area (Å²) in [6, 6.07) is 10.6. The van der Waals surface area contributed by atoms with E-state index in [1.807, 2.05) is 12.1 Å². The Bertz CT molecular complexity index is 1300. The molecule has 0 saturated heterocycles. The molecule has 0 fully saturated rings. The summed E-state index contributed by atoms with van der Waals surface area (Å²) < 4.78 is 17.8. The molecule has 0 radical (unpaired) electrons. The molecule has 0 N–H and O–H groups in total. The zero-order valence-corrected chi connectivity index (χ0v) is 17.4. The molecule has 0 bridgehead atoms. The predicted molar refractivity (Wildman–Crippen MR) is 112 cm³/mol. The van der Waals surface area contributed by atoms with E-state index in [1.165, 1.54) is 15.9 Å². The summed E-state index contributed by atoms with van der Waals surface area (Å²) >= 11 is 7.17. The number of hydrogen-bond acceptors (Lipinski definition) is 7. The van der Waals surface area contributed by atoms with Gasteiger partial charge in [0.05, 0.1) is 25.9 Å². The molecule has 0 saturated carbocycles. The van der Waals surface area contributed by atoms with E-state index in [2.05, 4.69) is 10.1 Å². The van der Waals surface area contributed by atoms with Crippen molar-refractivity contribution in [2.45, 2.75) is 0 Å². The van der Waals surface area contributed by atoms with Gasteiger partial charge in [0, 0.05) is 22.2 Å². The second-order valence-corrected chi connectivity index (χ2v) is 7.45. The third-order valence-electron chi connectivity index (χ3n) is 4.31. The Morgan fingerprint density at radius 1 is 1.00 bits per heavy atom. The van der Waals surface area contributed by atoms with Crippen molar-refractivity contribution >= 4 is 34.0 Å². The van der Waals surface area contributed by atoms with Crippen LogP contribution in [0.3, 0.4) is 0 Å². The SMILES string of the molecule is COc1cc(OC)c(OC)cc1/C=c1/sc2nc(-c3ccc(Cl)cc3)nn2c1=O. The second-order valence-electron chi connectivity index (χ2n) is 6.00. The fourth-order valence-electron chi connectivity index (χ4n) is 2.86. The quantitative estimate of drug-likeness (QED) is 0.485. The fourth-order valence-corrected chi connectivity index (χ4v) is 3.89. The first-order valence-electron chi connectivity index (χ1n) is 8.51. The number of hydrogen-bond donors (Lipinski definition) is 0. The first-order chi connectivity index (χ1) is 14.0. The number of rotatable bonds is 5. The Morgan fingerprint density at radius 3 is 2.28 bits per heavy atom. The molecule has 0 atom stereocenters. The lowest BCUT2D eigenvalue weighted by atomic mass is 10.1. The molecule has 4 rings (SSSR count). The Labute approximate surface area is 174 Å². The van der Waals surface area contributed by atoms with Crippen LogP contribution in [0.5, 0.6) is 17.2 Å². The van der Waals surface area contributed by atoms with Crippen LogP contribution in [-0.2, 0) is 0 Å². The second kappa shape index (κ2) is 7.73. The normalized spacial score (nSPS) is 11.8. The largest absolute Gasteiger partial charge is 0.496 e. The molecule has 0 aliphatic carbocycles. The van der Waals surface area contributed by atoms with Gasteiger partial charge in [-0.25, -0.2) is 0 Å². The predicted octanol–water partition coefficient (Wildman–Crippen LogP) is 3.04. The van der Waals surface area contributed by atoms with Gasteiger partial charge in [-0.15, -0.1) is 5.10 Å². The average molecular weight is 430 g/mol. The maximum absolute atomic E-state index is 12.8. The van der Waals surface area contributed by atoms with Gasteiger partial charge in [-0.2, -0.15) is 9.50 Å². The highest BCUT2D eigenvalue weighted by atomic mass is 35.5. The van der Waals surface area contributed by atoms with Crippen molar-refractivity contribution < 1.29 is 14.2 Å². The Morgan fingerprint density at radius 2 is 1.66 bits per heavy atom. The Hall–Kier alpha value is -3.10. The van der Waals surface area contributed by atoms with Crippen LogP contribution >= 0.6 is 22.9 Å². The molecule has 9 heteroatoms. The summed E-state index contributed by atoms with van der Waals surface area (Å²) in [5.41, 5.74) is 1.22. The van der Waals surface area contributed by atoms with E-state index in [1.54, 1.807) is 51.7 Å². The lowest BCUT2D eigenvalue weighted by Gasteiger charge is -2.11. The van der Waals surface area contributed by atoms with Gasteiger partial charge in [-0.05, 0) is 36.4 Å². The maximum atomic E-state index is 12.8. The number of nitrogens with zero attached hydrogens (tertiary/aromatic N) is 3. The molecule has 2 aromatic heterocycles. The average Bonchev–Trinajstić information content (AvgIpc) is 3.27. The molecule has 4 aromatic rings. The van der Waals surface area contributed by atoms with Crippen LogP contribution in [0.1, 0.15) is 5.56 Å². The highest BCUT2D eigenvalue weighted by molar-refractivity contribution is 7.15. The third-order valence-corrected chi connectivity index (χ3v) is 5.52. The number of thiazole rings is 1. The molecule has 148 valence electrons. The molecule has 0 unspecified atom stereocenters. The number of halogens is 1. The van der Waals surface area contributed by atoms with Crippen LogP contribution in [-0.4, -0.2) is 35.9 Å². The van der Waals surface area contributed by atoms with Crippen molar-refractivity contribution in [1.29, 1.82) is 0 Å². The number of fused-ring (bicyclic) bond motifs is 1. The molecule has 0 aliphatic rings. The zero-order valence-electron chi connectivity index (χ0n) is 15.8. The van der Waals surface area contributed by atoms with Crippen molar-refractivity contribution in [3.8, 4) is 28.6 Å². The molecule has 0 aliphatic heterocycles. The minimum atomic E-state index is -0.255. The van der Waals surface area contributed by atoms with Gasteiger partial charge in [-0.3, -0.25) is 4.79 Å². The van der Waals surface area contributed by atoms with Crippen molar-refractivity contribution in [2.75, 3.05) is 21.3 Å². The van der Waals surface area contributed by atoms with E-state index in [0.717, 1.165) is 5.56 Å². The summed E-state index contributed by atoms with van der Waals surface area (Å²) in [7, 11) is 4.65. The summed E-state index contributed by atoms with van der Waals surface area (Å²) in [6.07, 6.45) is 1.73. The van der Waals surface area contributed by atoms with Crippen molar-refractivity contribution in [2.24, 2.45) is 0 Å². The number of methoxy groups -OCH3 is 3. The van der Waals surface area contributed by atoms with Gasteiger partial charge >= 0.3 is 0 Å². The number of aromatic nitrogens is 3. The fraction of sp³-hybridized carbons (Fsp3) is 0.150. The van der Waals surface area contributed by atoms with Gasteiger partial charge in [-0.1, -0.05) is 22.9 Å². The van der Waals surface area contributed by atoms with Crippen molar-refractivity contribution in [3.05, 3.63) is 61.9 Å². The molecular weight excluding hydrogens is 414 g/mol. The van der Waals surface area contributed by atoms with Crippen LogP contribution < -0.4 is 24.3 Å². The van der Waals surface area contributed by atoms with Gasteiger partial charge in [0.2, 0.25) is 4.96 Å². The van der Waals surface area contributed by atoms with Gasteiger partial charge in [0.15, 0.2) is 17.3 Å². The van der Waals surface area contributed by atoms with Crippen molar-refractivity contribution in [1.82, 2.24) is 14.6 Å². The van der Waals surface area contributed by atoms with Crippen LogP contribution in [0.25, 0.3) is 22.4 Å². The highest BCUT2D eigenvalue weighted by Gasteiger charge is 2.14. The molecule has 0 spiro atoms. The standard InChI is InChI=1S/C20H16ClN3O4S/c1-26-14-10-16(28-3)15(27-2)8-12(14)9-17-19(25)24-20(29-17)22-18(23-24)11-4-6-13(21)7-5-11/h4-10H,1-3H3/b17-9+. The third kappa shape index (κ3) is 3.52. The van der Waals surface area contributed by atoms with E-state index in [4.69, 9.17) is 25.8 Å². The van der Waals surface area contributed by atoms with E-state index in [9.17, 15) is 4.79 Å². The molecule has 0 amide bonds. The molecule has 29 heavy (non-hydrogen) atoms. The van der Waals surface area contributed by atoms with Crippen LogP contribution in [0.15, 0.2) is 41.2 Å². The first-order valence-corrected chi connectivity index (χ1v) is 9.70. The Balaban J connectivity index is 1.82. The summed E-state index contributed by atoms with van der Waals surface area (Å²) in [5.74, 6) is 2.11. The van der Waals surface area contributed by atoms with Gasteiger partial charge < -0.3 is 14.2 Å². The van der Waals surface area contributed by atoms with E-state index < -0.39 is 0 Å². The van der Waals surface area contributed by atoms with E-state index in [0.29, 0.717) is 43.2 Å². The topological polar surface area (TPSA) is 74.9 Å². The summed E-state index contributed by atoms with van der Waals surface area (Å²) in [5, 5.41) is 4.97. The lowest BCUT2D eigenvalue weighted by molar-refractivity contribution is 0.348. The van der Waals surface area contributed by atoms with Crippen LogP contribution in [0.4, 0.5) is 0 Å². The smallest absolute Gasteiger partial charge is 0.291 e. The molecule has 2 aromatic carbocycles. The van der Waals surface area contributed by atoms with Crippen LogP contribution in [0.2, 0.25) is 5.02 Å². The molecule has 2 heterocycles. The van der Waals surface area contributed by atoms with E-state index >= 15 is 0 Å². The zero-order chi connectivity index (χ0) is 20.5. The van der Waals surface area contributed by atoms with Crippen molar-refractivity contribution in [3.63, 3.8) is 0 Å². The van der Waals surface area contributed by atoms with Gasteiger partial charge in [0.25, 0.3) is 5.56 Å². The maximum Gasteiger partial charge on any atom is 0.291 e. The minimum Gasteiger partial charge on any atom is -0.496 e. The Kier molecular flexibility index (Phi) is 5.12. The highest BCUT2D eigenvalue weighted by Crippen LogP contribution is 2.35. The number of benzene rings is 2. The van der Waals surface area contributed by atoms with E-state index in [-0.39, 0.29) is 5.56 Å².